The Morgan fingerprint density at radius 3 is 2.21 bits per heavy atom. The molecule has 5 rings (SSSR count). The van der Waals surface area contributed by atoms with E-state index in [0.29, 0.717) is 12.2 Å². The number of rotatable bonds is 6. The Morgan fingerprint density at radius 2 is 1.54 bits per heavy atom. The highest BCUT2D eigenvalue weighted by Gasteiger charge is 2.46. The molecule has 1 aliphatic rings. The first kappa shape index (κ1) is 26.2. The van der Waals surface area contributed by atoms with E-state index in [4.69, 9.17) is 4.74 Å². The van der Waals surface area contributed by atoms with Gasteiger partial charge in [-0.15, -0.1) is 0 Å². The van der Waals surface area contributed by atoms with E-state index in [9.17, 15) is 14.7 Å². The highest BCUT2D eigenvalue weighted by Crippen LogP contribution is 2.42. The van der Waals surface area contributed by atoms with E-state index in [2.05, 4.69) is 20.8 Å². The van der Waals surface area contributed by atoms with Gasteiger partial charge < -0.3 is 14.7 Å². The average molecular weight is 520 g/mol. The molecule has 1 amide bonds. The summed E-state index contributed by atoms with van der Waals surface area (Å²) in [6, 6.07) is 28.0. The first-order valence-electron chi connectivity index (χ1n) is 13.3. The lowest BCUT2D eigenvalue weighted by Gasteiger charge is -2.27. The molecule has 1 N–H and O–H groups in total. The second-order valence-corrected chi connectivity index (χ2v) is 10.9. The lowest BCUT2D eigenvalue weighted by molar-refractivity contribution is -0.140. The fourth-order valence-electron chi connectivity index (χ4n) is 5.19. The second kappa shape index (κ2) is 10.4. The molecule has 0 spiro atoms. The Balaban J connectivity index is 1.64. The number of aliphatic hydroxyl groups excluding tert-OH is 1. The number of hydrogen-bond acceptors (Lipinski definition) is 4. The van der Waals surface area contributed by atoms with Crippen LogP contribution >= 0.6 is 0 Å². The Bertz CT molecular complexity index is 1550. The van der Waals surface area contributed by atoms with Gasteiger partial charge in [-0.2, -0.15) is 0 Å². The van der Waals surface area contributed by atoms with Gasteiger partial charge in [-0.25, -0.2) is 0 Å². The van der Waals surface area contributed by atoms with Crippen molar-refractivity contribution < 1.29 is 19.4 Å². The van der Waals surface area contributed by atoms with E-state index in [0.717, 1.165) is 33.2 Å². The van der Waals surface area contributed by atoms with Gasteiger partial charge in [-0.05, 0) is 51.9 Å². The van der Waals surface area contributed by atoms with Crippen LogP contribution in [-0.2, 0) is 21.5 Å². The van der Waals surface area contributed by atoms with E-state index in [1.165, 1.54) is 0 Å². The van der Waals surface area contributed by atoms with Gasteiger partial charge in [0.1, 0.15) is 11.5 Å². The maximum atomic E-state index is 13.6. The smallest absolute Gasteiger partial charge is 0.295 e. The van der Waals surface area contributed by atoms with Gasteiger partial charge in [0.25, 0.3) is 11.7 Å². The molecule has 0 radical (unpaired) electrons. The van der Waals surface area contributed by atoms with Crippen molar-refractivity contribution in [3.8, 4) is 5.75 Å². The van der Waals surface area contributed by atoms with E-state index >= 15 is 0 Å². The van der Waals surface area contributed by atoms with E-state index in [1.807, 2.05) is 91.9 Å². The summed E-state index contributed by atoms with van der Waals surface area (Å²) in [7, 11) is 0. The molecule has 0 bridgehead atoms. The topological polar surface area (TPSA) is 66.8 Å². The van der Waals surface area contributed by atoms with Crippen LogP contribution in [0.2, 0.25) is 0 Å². The molecule has 1 atom stereocenters. The second-order valence-electron chi connectivity index (χ2n) is 10.9. The quantitative estimate of drug-likeness (QED) is 0.167. The molecule has 0 aliphatic carbocycles. The molecule has 198 valence electrons. The van der Waals surface area contributed by atoms with Gasteiger partial charge in [0, 0.05) is 12.1 Å². The summed E-state index contributed by atoms with van der Waals surface area (Å²) in [4.78, 5) is 28.6. The maximum Gasteiger partial charge on any atom is 0.295 e. The SMILES string of the molecule is CCOc1ccc(CN2C(=O)C(=O)/C(=C(\O)c3cccc4ccccc34)C2c2ccc(C(C)(C)C)cc2)cc1. The third-order valence-corrected chi connectivity index (χ3v) is 7.26. The van der Waals surface area contributed by atoms with Gasteiger partial charge in [0.15, 0.2) is 0 Å². The van der Waals surface area contributed by atoms with Crippen LogP contribution in [0, 0.1) is 0 Å². The predicted molar refractivity (Wildman–Crippen MR) is 155 cm³/mol. The first-order chi connectivity index (χ1) is 18.7. The molecule has 4 aromatic rings. The van der Waals surface area contributed by atoms with Crippen molar-refractivity contribution in [3.05, 3.63) is 119 Å². The van der Waals surface area contributed by atoms with Crippen LogP contribution < -0.4 is 4.74 Å². The molecular weight excluding hydrogens is 486 g/mol. The van der Waals surface area contributed by atoms with Crippen molar-refractivity contribution >= 4 is 28.2 Å². The molecule has 39 heavy (non-hydrogen) atoms. The van der Waals surface area contributed by atoms with Crippen molar-refractivity contribution in [2.45, 2.75) is 45.7 Å². The van der Waals surface area contributed by atoms with Crippen LogP contribution in [0.25, 0.3) is 16.5 Å². The van der Waals surface area contributed by atoms with Gasteiger partial charge in [0.05, 0.1) is 18.2 Å². The summed E-state index contributed by atoms with van der Waals surface area (Å²) < 4.78 is 5.56. The molecular formula is C34H33NO4. The van der Waals surface area contributed by atoms with Crippen LogP contribution in [0.15, 0.2) is 96.6 Å². The number of nitrogens with zero attached hydrogens (tertiary/aromatic N) is 1. The van der Waals surface area contributed by atoms with Crippen molar-refractivity contribution in [2.75, 3.05) is 6.61 Å². The molecule has 4 aromatic carbocycles. The van der Waals surface area contributed by atoms with Crippen LogP contribution in [0.3, 0.4) is 0 Å². The number of fused-ring (bicyclic) bond motifs is 1. The van der Waals surface area contributed by atoms with Crippen LogP contribution in [0.1, 0.15) is 56.0 Å². The highest BCUT2D eigenvalue weighted by atomic mass is 16.5. The Kier molecular flexibility index (Phi) is 7.00. The van der Waals surface area contributed by atoms with E-state index < -0.39 is 17.7 Å². The van der Waals surface area contributed by atoms with Crippen LogP contribution in [0.5, 0.6) is 5.75 Å². The number of carbonyl (C=O) groups is 2. The Morgan fingerprint density at radius 1 is 0.872 bits per heavy atom. The number of likely N-dealkylation sites (tertiary alicyclic amines) is 1. The summed E-state index contributed by atoms with van der Waals surface area (Å²) in [5, 5.41) is 13.4. The van der Waals surface area contributed by atoms with Crippen LogP contribution in [0.4, 0.5) is 0 Å². The number of amides is 1. The predicted octanol–water partition coefficient (Wildman–Crippen LogP) is 7.16. The molecule has 5 nitrogen and oxygen atoms in total. The zero-order chi connectivity index (χ0) is 27.7. The number of carbonyl (C=O) groups excluding carboxylic acids is 2. The lowest BCUT2D eigenvalue weighted by Crippen LogP contribution is -2.29. The Hall–Kier alpha value is -4.38. The average Bonchev–Trinajstić information content (AvgIpc) is 3.18. The van der Waals surface area contributed by atoms with Crippen molar-refractivity contribution in [3.63, 3.8) is 0 Å². The van der Waals surface area contributed by atoms with E-state index in [1.54, 1.807) is 11.0 Å². The molecule has 1 fully saturated rings. The van der Waals surface area contributed by atoms with Gasteiger partial charge in [0.2, 0.25) is 0 Å². The Labute approximate surface area is 229 Å². The monoisotopic (exact) mass is 519 g/mol. The highest BCUT2D eigenvalue weighted by molar-refractivity contribution is 6.46. The number of hydrogen-bond donors (Lipinski definition) is 1. The minimum absolute atomic E-state index is 0.0500. The number of benzene rings is 4. The number of Topliss-reactive ketones (excluding diaryl/α,β-unsaturated/α-hetero) is 1. The first-order valence-corrected chi connectivity index (χ1v) is 13.3. The molecule has 1 aliphatic heterocycles. The molecule has 0 saturated carbocycles. The molecule has 1 heterocycles. The standard InChI is InChI=1S/C34H33NO4/c1-5-39-26-19-13-22(14-20-26)21-35-30(24-15-17-25(18-16-24)34(2,3)4)29(32(37)33(35)38)31(36)28-12-8-10-23-9-6-7-11-27(23)28/h6-20,30,36H,5,21H2,1-4H3/b31-29-. The van der Waals surface area contributed by atoms with Gasteiger partial charge in [-0.1, -0.05) is 99.6 Å². The summed E-state index contributed by atoms with van der Waals surface area (Å²) in [5.74, 6) is -0.732. The normalized spacial score (nSPS) is 17.1. The van der Waals surface area contributed by atoms with Crippen molar-refractivity contribution in [2.24, 2.45) is 0 Å². The summed E-state index contributed by atoms with van der Waals surface area (Å²) in [5.41, 5.74) is 3.36. The van der Waals surface area contributed by atoms with E-state index in [-0.39, 0.29) is 23.3 Å². The lowest BCUT2D eigenvalue weighted by atomic mass is 9.85. The fourth-order valence-corrected chi connectivity index (χ4v) is 5.19. The third kappa shape index (κ3) is 5.05. The zero-order valence-electron chi connectivity index (χ0n) is 22.8. The molecule has 1 saturated heterocycles. The number of ketones is 1. The minimum Gasteiger partial charge on any atom is -0.507 e. The van der Waals surface area contributed by atoms with Gasteiger partial charge >= 0.3 is 0 Å². The summed E-state index contributed by atoms with van der Waals surface area (Å²) >= 11 is 0. The maximum absolute atomic E-state index is 13.6. The summed E-state index contributed by atoms with van der Waals surface area (Å²) in [6.07, 6.45) is 0. The largest absolute Gasteiger partial charge is 0.507 e. The molecule has 5 heteroatoms. The minimum atomic E-state index is -0.732. The van der Waals surface area contributed by atoms with Crippen LogP contribution in [-0.4, -0.2) is 28.3 Å². The zero-order valence-corrected chi connectivity index (χ0v) is 22.8. The molecule has 0 aromatic heterocycles. The van der Waals surface area contributed by atoms with Crippen molar-refractivity contribution in [1.82, 2.24) is 4.90 Å². The number of ether oxygens (including phenoxy) is 1. The van der Waals surface area contributed by atoms with Crippen molar-refractivity contribution in [1.29, 1.82) is 0 Å². The molecule has 1 unspecified atom stereocenters. The summed E-state index contributed by atoms with van der Waals surface area (Å²) in [6.45, 7) is 9.12. The fraction of sp³-hybridized carbons (Fsp3) is 0.235. The third-order valence-electron chi connectivity index (χ3n) is 7.26. The number of aliphatic hydroxyl groups is 1. The van der Waals surface area contributed by atoms with Gasteiger partial charge in [-0.3, -0.25) is 9.59 Å².